The number of nitrogens with one attached hydrogen (secondary N) is 1. The van der Waals surface area contributed by atoms with Gasteiger partial charge in [-0.05, 0) is 43.2 Å². The molecule has 1 aromatic heterocycles. The smallest absolute Gasteiger partial charge is 0.329 e. The number of para-hydroxylation sites is 1. The first-order valence-corrected chi connectivity index (χ1v) is 11.4. The Morgan fingerprint density at radius 2 is 2.00 bits per heavy atom. The first-order chi connectivity index (χ1) is 15.9. The Hall–Kier alpha value is -3.12. The monoisotopic (exact) mass is 454 g/mol. The summed E-state index contributed by atoms with van der Waals surface area (Å²) >= 11 is 0. The molecule has 3 heterocycles. The van der Waals surface area contributed by atoms with Gasteiger partial charge in [0, 0.05) is 26.1 Å². The van der Waals surface area contributed by atoms with Crippen molar-refractivity contribution in [1.82, 2.24) is 19.4 Å². The molecule has 1 saturated carbocycles. The third-order valence-corrected chi connectivity index (χ3v) is 7.22. The molecule has 2 aliphatic heterocycles. The molecule has 0 bridgehead atoms. The lowest BCUT2D eigenvalue weighted by Crippen LogP contribution is -2.46. The number of aryl methyl sites for hydroxylation is 1. The predicted octanol–water partition coefficient (Wildman–Crippen LogP) is 1.58. The van der Waals surface area contributed by atoms with Gasteiger partial charge in [-0.25, -0.2) is 9.18 Å². The number of likely N-dealkylation sites (tertiary alicyclic amines) is 1. The number of nitrogens with zero attached hydrogens (tertiary/aromatic N) is 3. The molecule has 1 N–H and O–H groups in total. The third kappa shape index (κ3) is 3.72. The molecule has 2 saturated heterocycles. The van der Waals surface area contributed by atoms with Gasteiger partial charge in [0.05, 0.1) is 29.8 Å². The molecular weight excluding hydrogens is 427 g/mol. The Morgan fingerprint density at radius 3 is 2.70 bits per heavy atom. The Labute approximate surface area is 190 Å². The molecule has 0 radical (unpaired) electrons. The number of terminal acetylenes is 1. The number of rotatable bonds is 4. The van der Waals surface area contributed by atoms with Gasteiger partial charge < -0.3 is 9.64 Å². The molecule has 5 rings (SSSR count). The van der Waals surface area contributed by atoms with Gasteiger partial charge in [0.1, 0.15) is 12.2 Å². The maximum atomic E-state index is 14.4. The van der Waals surface area contributed by atoms with Gasteiger partial charge >= 0.3 is 5.69 Å². The maximum Gasteiger partial charge on any atom is 0.329 e. The molecule has 33 heavy (non-hydrogen) atoms. The Morgan fingerprint density at radius 1 is 1.21 bits per heavy atom. The number of aromatic nitrogens is 2. The summed E-state index contributed by atoms with van der Waals surface area (Å²) in [4.78, 5) is 38.7. The van der Waals surface area contributed by atoms with E-state index >= 15 is 0 Å². The van der Waals surface area contributed by atoms with Crippen molar-refractivity contribution in [3.05, 3.63) is 34.2 Å². The van der Waals surface area contributed by atoms with Crippen molar-refractivity contribution in [3.8, 4) is 12.5 Å². The highest BCUT2D eigenvalue weighted by molar-refractivity contribution is 6.00. The highest BCUT2D eigenvalue weighted by atomic mass is 19.1. The maximum absolute atomic E-state index is 14.4. The molecule has 2 aromatic rings. The van der Waals surface area contributed by atoms with Crippen LogP contribution in [-0.4, -0.2) is 57.3 Å². The average Bonchev–Trinajstić information content (AvgIpc) is 3.02. The molecule has 1 unspecified atom stereocenters. The quantitative estimate of drug-likeness (QED) is 0.560. The number of carbonyl (C=O) groups is 2. The number of halogens is 1. The topological polar surface area (TPSA) is 85.6 Å². The van der Waals surface area contributed by atoms with E-state index in [1.165, 1.54) is 4.57 Å². The van der Waals surface area contributed by atoms with Crippen LogP contribution in [-0.2, 0) is 21.4 Å². The zero-order chi connectivity index (χ0) is 23.3. The number of fused-ring (bicyclic) bond motifs is 1. The number of carbonyl (C=O) groups excluding carboxylic acids is 2. The minimum atomic E-state index is -1.10. The lowest BCUT2D eigenvalue weighted by Gasteiger charge is -2.41. The minimum Gasteiger partial charge on any atom is -0.372 e. The van der Waals surface area contributed by atoms with E-state index in [1.807, 2.05) is 18.2 Å². The van der Waals surface area contributed by atoms with E-state index < -0.39 is 24.2 Å². The van der Waals surface area contributed by atoms with Gasteiger partial charge in [0.2, 0.25) is 11.8 Å². The molecule has 1 aromatic carbocycles. The van der Waals surface area contributed by atoms with Gasteiger partial charge in [-0.3, -0.25) is 24.0 Å². The number of alkyl halides is 1. The van der Waals surface area contributed by atoms with E-state index in [0.717, 1.165) is 23.9 Å². The van der Waals surface area contributed by atoms with Crippen LogP contribution < -0.4 is 11.0 Å². The summed E-state index contributed by atoms with van der Waals surface area (Å²) in [6, 6.07) is 7.51. The summed E-state index contributed by atoms with van der Waals surface area (Å²) in [5.74, 6) is -0.572. The van der Waals surface area contributed by atoms with Crippen LogP contribution in [0.3, 0.4) is 0 Å². The van der Waals surface area contributed by atoms with Gasteiger partial charge in [0.25, 0.3) is 0 Å². The largest absolute Gasteiger partial charge is 0.372 e. The molecule has 2 amide bonds. The van der Waals surface area contributed by atoms with Crippen LogP contribution in [0.2, 0.25) is 0 Å². The van der Waals surface area contributed by atoms with Crippen LogP contribution in [0.25, 0.3) is 11.0 Å². The second kappa shape index (κ2) is 8.34. The highest BCUT2D eigenvalue weighted by Gasteiger charge is 2.39. The number of amides is 2. The lowest BCUT2D eigenvalue weighted by molar-refractivity contribution is -0.135. The van der Waals surface area contributed by atoms with E-state index in [1.54, 1.807) is 16.5 Å². The lowest BCUT2D eigenvalue weighted by atomic mass is 9.76. The first kappa shape index (κ1) is 21.7. The van der Waals surface area contributed by atoms with Crippen molar-refractivity contribution in [2.24, 2.45) is 7.05 Å². The van der Waals surface area contributed by atoms with Crippen LogP contribution >= 0.6 is 0 Å². The fourth-order valence-corrected chi connectivity index (χ4v) is 5.36. The second-order valence-corrected chi connectivity index (χ2v) is 9.24. The standard InChI is InChI=1S/C24H27FN4O4/c1-3-28-10-9-20(17(25)13-28)33-15-11-14(12-15)16-5-4-6-18-22(16)27(2)24(32)29(18)19-7-8-21(30)26-23(19)31/h1,4-6,14-15,17,19-20H,7-13H2,2H3,(H,26,30,31)/t14-,15-,17-,19?,20+/m0/s1. The summed E-state index contributed by atoms with van der Waals surface area (Å²) in [5.41, 5.74) is 2.22. The number of ether oxygens (including phenoxy) is 1. The molecule has 3 atom stereocenters. The van der Waals surface area contributed by atoms with Crippen LogP contribution in [0.4, 0.5) is 4.39 Å². The molecule has 1 aliphatic carbocycles. The summed E-state index contributed by atoms with van der Waals surface area (Å²) in [7, 11) is 1.70. The number of imidazole rings is 1. The third-order valence-electron chi connectivity index (χ3n) is 7.22. The molecule has 9 heteroatoms. The SMILES string of the molecule is C#CN1CC[C@@H](O[C@H]2C[C@H](c3cccc4c3n(C)c(=O)n4C3CCC(=O)NC3=O)C2)[C@@H](F)C1. The van der Waals surface area contributed by atoms with Crippen molar-refractivity contribution in [2.75, 3.05) is 13.1 Å². The van der Waals surface area contributed by atoms with Crippen molar-refractivity contribution in [1.29, 1.82) is 0 Å². The molecular formula is C24H27FN4O4. The first-order valence-electron chi connectivity index (χ1n) is 11.4. The highest BCUT2D eigenvalue weighted by Crippen LogP contribution is 2.42. The zero-order valence-corrected chi connectivity index (χ0v) is 18.5. The zero-order valence-electron chi connectivity index (χ0n) is 18.5. The van der Waals surface area contributed by atoms with E-state index in [0.29, 0.717) is 24.9 Å². The average molecular weight is 455 g/mol. The summed E-state index contributed by atoms with van der Waals surface area (Å²) in [6.07, 6.45) is 6.39. The molecule has 8 nitrogen and oxygen atoms in total. The number of hydrogen-bond donors (Lipinski definition) is 1. The normalized spacial score (nSPS) is 30.1. The molecule has 0 spiro atoms. The molecule has 174 valence electrons. The summed E-state index contributed by atoms with van der Waals surface area (Å²) in [6.45, 7) is 0.833. The van der Waals surface area contributed by atoms with Crippen LogP contribution in [0.15, 0.2) is 23.0 Å². The number of benzene rings is 1. The van der Waals surface area contributed by atoms with Gasteiger partial charge in [-0.2, -0.15) is 0 Å². The Balaban J connectivity index is 1.35. The van der Waals surface area contributed by atoms with Crippen LogP contribution in [0, 0.1) is 12.5 Å². The van der Waals surface area contributed by atoms with Crippen LogP contribution in [0.1, 0.15) is 49.6 Å². The number of hydrogen-bond acceptors (Lipinski definition) is 5. The van der Waals surface area contributed by atoms with E-state index in [9.17, 15) is 18.8 Å². The summed E-state index contributed by atoms with van der Waals surface area (Å²) < 4.78 is 23.5. The van der Waals surface area contributed by atoms with E-state index in [4.69, 9.17) is 11.2 Å². The van der Waals surface area contributed by atoms with Crippen molar-refractivity contribution < 1.29 is 18.7 Å². The van der Waals surface area contributed by atoms with Crippen molar-refractivity contribution >= 4 is 22.8 Å². The molecule has 3 fully saturated rings. The van der Waals surface area contributed by atoms with Crippen LogP contribution in [0.5, 0.6) is 0 Å². The van der Waals surface area contributed by atoms with E-state index in [2.05, 4.69) is 11.4 Å². The molecule has 3 aliphatic rings. The number of piperidine rings is 2. The van der Waals surface area contributed by atoms with Crippen molar-refractivity contribution in [3.63, 3.8) is 0 Å². The number of imide groups is 1. The van der Waals surface area contributed by atoms with Gasteiger partial charge in [-0.15, -0.1) is 0 Å². The Kier molecular flexibility index (Phi) is 5.49. The van der Waals surface area contributed by atoms with Gasteiger partial charge in [-0.1, -0.05) is 18.6 Å². The predicted molar refractivity (Wildman–Crippen MR) is 119 cm³/mol. The fraction of sp³-hybridized carbons (Fsp3) is 0.542. The minimum absolute atomic E-state index is 0.0276. The Bertz CT molecular complexity index is 1210. The van der Waals surface area contributed by atoms with Crippen molar-refractivity contribution in [2.45, 2.75) is 62.4 Å². The fourth-order valence-electron chi connectivity index (χ4n) is 5.36. The second-order valence-electron chi connectivity index (χ2n) is 9.24. The van der Waals surface area contributed by atoms with Gasteiger partial charge in [0.15, 0.2) is 0 Å². The summed E-state index contributed by atoms with van der Waals surface area (Å²) in [5, 5.41) is 2.34. The van der Waals surface area contributed by atoms with E-state index in [-0.39, 0.29) is 36.6 Å².